The van der Waals surface area contributed by atoms with E-state index in [0.29, 0.717) is 18.3 Å². The van der Waals surface area contributed by atoms with Crippen LogP contribution in [0.4, 0.5) is 0 Å². The summed E-state index contributed by atoms with van der Waals surface area (Å²) < 4.78 is 16.1. The third-order valence-electron chi connectivity index (χ3n) is 3.36. The standard InChI is InChI=1S/C14H17N3O3/c1-14(8-15-9-14)19-7-12-16-13(17-20-12)10-3-5-11(18-2)6-4-10/h3-6,15H,7-9H2,1-2H3. The van der Waals surface area contributed by atoms with E-state index in [2.05, 4.69) is 22.4 Å². The summed E-state index contributed by atoms with van der Waals surface area (Å²) in [6, 6.07) is 7.52. The maximum Gasteiger partial charge on any atom is 0.252 e. The maximum absolute atomic E-state index is 5.76. The Balaban J connectivity index is 1.66. The van der Waals surface area contributed by atoms with Crippen LogP contribution in [0.2, 0.25) is 0 Å². The SMILES string of the molecule is COc1ccc(-c2noc(COC3(C)CNC3)n2)cc1. The molecule has 6 nitrogen and oxygen atoms in total. The van der Waals surface area contributed by atoms with Gasteiger partial charge in [0.25, 0.3) is 5.89 Å². The Morgan fingerprint density at radius 2 is 2.05 bits per heavy atom. The van der Waals surface area contributed by atoms with Gasteiger partial charge in [-0.1, -0.05) is 5.16 Å². The second kappa shape index (κ2) is 5.22. The molecule has 1 saturated heterocycles. The Morgan fingerprint density at radius 3 is 2.65 bits per heavy atom. The van der Waals surface area contributed by atoms with E-state index in [1.165, 1.54) is 0 Å². The molecule has 0 unspecified atom stereocenters. The van der Waals surface area contributed by atoms with E-state index >= 15 is 0 Å². The molecule has 0 bridgehead atoms. The Bertz CT molecular complexity index is 576. The van der Waals surface area contributed by atoms with E-state index in [1.54, 1.807) is 7.11 Å². The number of ether oxygens (including phenoxy) is 2. The molecule has 0 aliphatic carbocycles. The fraction of sp³-hybridized carbons (Fsp3) is 0.429. The zero-order valence-electron chi connectivity index (χ0n) is 11.5. The average Bonchev–Trinajstić information content (AvgIpc) is 2.92. The summed E-state index contributed by atoms with van der Waals surface area (Å²) in [5.41, 5.74) is 0.770. The first-order valence-corrected chi connectivity index (χ1v) is 6.50. The molecule has 20 heavy (non-hydrogen) atoms. The van der Waals surface area contributed by atoms with E-state index in [4.69, 9.17) is 14.0 Å². The van der Waals surface area contributed by atoms with Crippen molar-refractivity contribution in [2.45, 2.75) is 19.1 Å². The summed E-state index contributed by atoms with van der Waals surface area (Å²) in [6.07, 6.45) is 0. The number of nitrogens with zero attached hydrogens (tertiary/aromatic N) is 2. The molecule has 1 aromatic carbocycles. The van der Waals surface area contributed by atoms with Gasteiger partial charge in [-0.05, 0) is 31.2 Å². The molecule has 1 aliphatic rings. The first kappa shape index (κ1) is 13.1. The topological polar surface area (TPSA) is 69.4 Å². The number of hydrogen-bond acceptors (Lipinski definition) is 6. The van der Waals surface area contributed by atoms with E-state index in [0.717, 1.165) is 24.4 Å². The molecule has 0 radical (unpaired) electrons. The smallest absolute Gasteiger partial charge is 0.252 e. The van der Waals surface area contributed by atoms with Gasteiger partial charge in [0.1, 0.15) is 12.4 Å². The lowest BCUT2D eigenvalue weighted by Crippen LogP contribution is -2.58. The van der Waals surface area contributed by atoms with Crippen LogP contribution in [0.15, 0.2) is 28.8 Å². The van der Waals surface area contributed by atoms with Crippen molar-refractivity contribution >= 4 is 0 Å². The first-order valence-electron chi connectivity index (χ1n) is 6.50. The fourth-order valence-corrected chi connectivity index (χ4v) is 1.99. The number of hydrogen-bond donors (Lipinski definition) is 1. The Morgan fingerprint density at radius 1 is 1.30 bits per heavy atom. The van der Waals surface area contributed by atoms with Crippen molar-refractivity contribution in [3.63, 3.8) is 0 Å². The average molecular weight is 275 g/mol. The summed E-state index contributed by atoms with van der Waals surface area (Å²) in [5.74, 6) is 1.85. The van der Waals surface area contributed by atoms with Gasteiger partial charge >= 0.3 is 0 Å². The van der Waals surface area contributed by atoms with Crippen molar-refractivity contribution in [1.29, 1.82) is 0 Å². The second-order valence-electron chi connectivity index (χ2n) is 5.08. The number of methoxy groups -OCH3 is 1. The van der Waals surface area contributed by atoms with Crippen LogP contribution in [0.1, 0.15) is 12.8 Å². The predicted octanol–water partition coefficient (Wildman–Crippen LogP) is 1.62. The lowest BCUT2D eigenvalue weighted by atomic mass is 10.0. The van der Waals surface area contributed by atoms with Crippen molar-refractivity contribution in [2.24, 2.45) is 0 Å². The predicted molar refractivity (Wildman–Crippen MR) is 72.3 cm³/mol. The van der Waals surface area contributed by atoms with Crippen LogP contribution in [-0.4, -0.2) is 35.9 Å². The number of nitrogens with one attached hydrogen (secondary N) is 1. The maximum atomic E-state index is 5.76. The van der Waals surface area contributed by atoms with E-state index in [1.807, 2.05) is 24.3 Å². The fourth-order valence-electron chi connectivity index (χ4n) is 1.99. The largest absolute Gasteiger partial charge is 0.497 e. The van der Waals surface area contributed by atoms with Gasteiger partial charge in [-0.15, -0.1) is 0 Å². The highest BCUT2D eigenvalue weighted by molar-refractivity contribution is 5.55. The number of rotatable bonds is 5. The first-order chi connectivity index (χ1) is 9.68. The lowest BCUT2D eigenvalue weighted by molar-refractivity contribution is -0.0841. The monoisotopic (exact) mass is 275 g/mol. The minimum atomic E-state index is -0.116. The van der Waals surface area contributed by atoms with Gasteiger partial charge in [-0.2, -0.15) is 4.98 Å². The van der Waals surface area contributed by atoms with Crippen molar-refractivity contribution in [3.05, 3.63) is 30.2 Å². The zero-order chi connectivity index (χ0) is 14.0. The molecule has 3 rings (SSSR count). The summed E-state index contributed by atoms with van der Waals surface area (Å²) in [4.78, 5) is 4.33. The van der Waals surface area contributed by atoms with Crippen LogP contribution >= 0.6 is 0 Å². The van der Waals surface area contributed by atoms with Crippen molar-refractivity contribution in [3.8, 4) is 17.1 Å². The van der Waals surface area contributed by atoms with E-state index in [-0.39, 0.29) is 5.60 Å². The van der Waals surface area contributed by atoms with Crippen molar-refractivity contribution in [1.82, 2.24) is 15.5 Å². The van der Waals surface area contributed by atoms with Crippen LogP contribution in [0.5, 0.6) is 5.75 Å². The molecule has 1 N–H and O–H groups in total. The minimum absolute atomic E-state index is 0.116. The molecule has 1 aliphatic heterocycles. The minimum Gasteiger partial charge on any atom is -0.497 e. The van der Waals surface area contributed by atoms with Crippen molar-refractivity contribution < 1.29 is 14.0 Å². The van der Waals surface area contributed by atoms with Gasteiger partial charge < -0.3 is 19.3 Å². The molecular weight excluding hydrogens is 258 g/mol. The number of benzene rings is 1. The zero-order valence-corrected chi connectivity index (χ0v) is 11.5. The van der Waals surface area contributed by atoms with Crippen LogP contribution < -0.4 is 10.1 Å². The Hall–Kier alpha value is -1.92. The van der Waals surface area contributed by atoms with Crippen LogP contribution in [-0.2, 0) is 11.3 Å². The third kappa shape index (κ3) is 2.66. The van der Waals surface area contributed by atoms with Gasteiger partial charge in [0, 0.05) is 18.7 Å². The molecule has 0 amide bonds. The van der Waals surface area contributed by atoms with Gasteiger partial charge in [-0.25, -0.2) is 0 Å². The van der Waals surface area contributed by atoms with E-state index in [9.17, 15) is 0 Å². The van der Waals surface area contributed by atoms with Crippen molar-refractivity contribution in [2.75, 3.05) is 20.2 Å². The lowest BCUT2D eigenvalue weighted by Gasteiger charge is -2.38. The molecule has 1 aromatic heterocycles. The summed E-state index contributed by atoms with van der Waals surface area (Å²) in [6.45, 7) is 4.10. The molecule has 0 spiro atoms. The van der Waals surface area contributed by atoms with Gasteiger partial charge in [0.15, 0.2) is 0 Å². The van der Waals surface area contributed by atoms with Gasteiger partial charge in [-0.3, -0.25) is 0 Å². The van der Waals surface area contributed by atoms with Gasteiger partial charge in [0.05, 0.1) is 12.7 Å². The molecule has 0 saturated carbocycles. The highest BCUT2D eigenvalue weighted by atomic mass is 16.5. The second-order valence-corrected chi connectivity index (χ2v) is 5.08. The molecule has 6 heteroatoms. The molecule has 1 fully saturated rings. The highest BCUT2D eigenvalue weighted by Crippen LogP contribution is 2.21. The van der Waals surface area contributed by atoms with E-state index < -0.39 is 0 Å². The van der Waals surface area contributed by atoms with Crippen LogP contribution in [0.25, 0.3) is 11.4 Å². The quantitative estimate of drug-likeness (QED) is 0.894. The van der Waals surface area contributed by atoms with Crippen LogP contribution in [0.3, 0.4) is 0 Å². The Labute approximate surface area is 117 Å². The van der Waals surface area contributed by atoms with Crippen LogP contribution in [0, 0.1) is 0 Å². The normalized spacial score (nSPS) is 16.7. The Kier molecular flexibility index (Phi) is 3.42. The molecule has 106 valence electrons. The third-order valence-corrected chi connectivity index (χ3v) is 3.36. The highest BCUT2D eigenvalue weighted by Gasteiger charge is 2.33. The summed E-state index contributed by atoms with van der Waals surface area (Å²) >= 11 is 0. The molecule has 0 atom stereocenters. The summed E-state index contributed by atoms with van der Waals surface area (Å²) in [5, 5.41) is 7.14. The number of aromatic nitrogens is 2. The summed E-state index contributed by atoms with van der Waals surface area (Å²) in [7, 11) is 1.63. The molecule has 2 heterocycles. The van der Waals surface area contributed by atoms with Gasteiger partial charge in [0.2, 0.25) is 5.82 Å². The molecular formula is C14H17N3O3. The molecule has 2 aromatic rings.